The van der Waals surface area contributed by atoms with Gasteiger partial charge >= 0.3 is 0 Å². The third-order valence-electron chi connectivity index (χ3n) is 2.87. The summed E-state index contributed by atoms with van der Waals surface area (Å²) in [5, 5.41) is 14.0. The minimum atomic E-state index is -0.185. The zero-order valence-electron chi connectivity index (χ0n) is 11.1. The smallest absolute Gasteiger partial charge is 0.123 e. The van der Waals surface area contributed by atoms with E-state index in [2.05, 4.69) is 11.4 Å². The molecule has 2 rings (SSSR count). The van der Waals surface area contributed by atoms with Crippen molar-refractivity contribution in [3.8, 4) is 6.07 Å². The van der Waals surface area contributed by atoms with Crippen LogP contribution in [0.1, 0.15) is 21.6 Å². The van der Waals surface area contributed by atoms with Crippen LogP contribution in [0.25, 0.3) is 0 Å². The summed E-state index contributed by atoms with van der Waals surface area (Å²) in [6.45, 7) is 1.43. The lowest BCUT2D eigenvalue weighted by Crippen LogP contribution is -2.13. The zero-order valence-corrected chi connectivity index (χ0v) is 12.8. The van der Waals surface area contributed by atoms with Crippen molar-refractivity contribution in [2.24, 2.45) is 0 Å². The molecule has 0 aliphatic rings. The highest BCUT2D eigenvalue weighted by Gasteiger charge is 2.04. The lowest BCUT2D eigenvalue weighted by Gasteiger charge is -2.09. The van der Waals surface area contributed by atoms with Crippen molar-refractivity contribution in [3.63, 3.8) is 0 Å². The summed E-state index contributed by atoms with van der Waals surface area (Å²) in [6.07, 6.45) is 2.01. The topological polar surface area (TPSA) is 35.8 Å². The van der Waals surface area contributed by atoms with Gasteiger partial charge in [0.05, 0.1) is 5.56 Å². The van der Waals surface area contributed by atoms with E-state index in [0.29, 0.717) is 12.1 Å². The lowest BCUT2D eigenvalue weighted by molar-refractivity contribution is 0.623. The predicted molar refractivity (Wildman–Crippen MR) is 83.2 cm³/mol. The molecule has 0 saturated carbocycles. The maximum Gasteiger partial charge on any atom is 0.123 e. The molecule has 0 aliphatic heterocycles. The van der Waals surface area contributed by atoms with Gasteiger partial charge in [0.2, 0.25) is 0 Å². The van der Waals surface area contributed by atoms with E-state index >= 15 is 0 Å². The van der Waals surface area contributed by atoms with Gasteiger partial charge in [0, 0.05) is 29.1 Å². The van der Waals surface area contributed by atoms with Gasteiger partial charge < -0.3 is 5.32 Å². The van der Waals surface area contributed by atoms with Gasteiger partial charge in [-0.3, -0.25) is 0 Å². The summed E-state index contributed by atoms with van der Waals surface area (Å²) < 4.78 is 13.2. The first kappa shape index (κ1) is 15.0. The fourth-order valence-corrected chi connectivity index (χ4v) is 3.27. The number of benzene rings is 1. The molecule has 2 nitrogen and oxygen atoms in total. The van der Waals surface area contributed by atoms with Gasteiger partial charge in [0.1, 0.15) is 11.9 Å². The van der Waals surface area contributed by atoms with Crippen molar-refractivity contribution in [1.82, 2.24) is 5.32 Å². The van der Waals surface area contributed by atoms with Gasteiger partial charge in [0.25, 0.3) is 0 Å². The average Bonchev–Trinajstić information content (AvgIpc) is 2.89. The number of rotatable bonds is 6. The SMILES string of the molecule is CSCc1cc(F)ccc1CNCc1cc(C#N)cs1. The van der Waals surface area contributed by atoms with Crippen molar-refractivity contribution < 1.29 is 4.39 Å². The number of hydrogen-bond donors (Lipinski definition) is 1. The molecular weight excluding hydrogens is 291 g/mol. The van der Waals surface area contributed by atoms with Crippen molar-refractivity contribution >= 4 is 23.1 Å². The van der Waals surface area contributed by atoms with E-state index in [-0.39, 0.29) is 5.82 Å². The Morgan fingerprint density at radius 1 is 1.30 bits per heavy atom. The number of nitrogens with one attached hydrogen (secondary N) is 1. The van der Waals surface area contributed by atoms with Gasteiger partial charge in [-0.2, -0.15) is 17.0 Å². The van der Waals surface area contributed by atoms with Crippen LogP contribution < -0.4 is 5.32 Å². The Kier molecular flexibility index (Phi) is 5.60. The summed E-state index contributed by atoms with van der Waals surface area (Å²) in [6, 6.07) is 8.96. The normalized spacial score (nSPS) is 10.4. The molecule has 5 heteroatoms. The first-order chi connectivity index (χ1) is 9.72. The molecule has 0 atom stereocenters. The second kappa shape index (κ2) is 7.44. The van der Waals surface area contributed by atoms with Gasteiger partial charge in [-0.25, -0.2) is 4.39 Å². The Morgan fingerprint density at radius 3 is 2.85 bits per heavy atom. The Labute approximate surface area is 126 Å². The standard InChI is InChI=1S/C15H15FN2S2/c1-19-10-13-5-14(16)3-2-12(13)7-18-8-15-4-11(6-17)9-20-15/h2-5,9,18H,7-8,10H2,1H3. The van der Waals surface area contributed by atoms with Crippen molar-refractivity contribution in [2.45, 2.75) is 18.8 Å². The molecule has 0 saturated heterocycles. The molecule has 1 aromatic heterocycles. The minimum absolute atomic E-state index is 0.185. The van der Waals surface area contributed by atoms with Crippen LogP contribution in [0.2, 0.25) is 0 Å². The highest BCUT2D eigenvalue weighted by atomic mass is 32.2. The largest absolute Gasteiger partial charge is 0.308 e. The van der Waals surface area contributed by atoms with E-state index in [4.69, 9.17) is 5.26 Å². The van der Waals surface area contributed by atoms with Gasteiger partial charge in [-0.05, 0) is 35.6 Å². The van der Waals surface area contributed by atoms with Crippen LogP contribution in [0.15, 0.2) is 29.6 Å². The van der Waals surface area contributed by atoms with E-state index in [0.717, 1.165) is 28.3 Å². The minimum Gasteiger partial charge on any atom is -0.308 e. The van der Waals surface area contributed by atoms with Crippen molar-refractivity contribution in [2.75, 3.05) is 6.26 Å². The number of thiophene rings is 1. The third-order valence-corrected chi connectivity index (χ3v) is 4.40. The molecule has 104 valence electrons. The van der Waals surface area contributed by atoms with Crippen LogP contribution >= 0.6 is 23.1 Å². The molecular formula is C15H15FN2S2. The maximum absolute atomic E-state index is 13.2. The highest BCUT2D eigenvalue weighted by molar-refractivity contribution is 7.97. The molecule has 0 radical (unpaired) electrons. The summed E-state index contributed by atoms with van der Waals surface area (Å²) in [5.74, 6) is 0.626. The Bertz CT molecular complexity index is 617. The van der Waals surface area contributed by atoms with Crippen LogP contribution in [-0.2, 0) is 18.8 Å². The first-order valence-electron chi connectivity index (χ1n) is 6.17. The van der Waals surface area contributed by atoms with E-state index in [1.807, 2.05) is 23.8 Å². The molecule has 0 spiro atoms. The number of nitriles is 1. The van der Waals surface area contributed by atoms with Crippen LogP contribution in [0.5, 0.6) is 0 Å². The number of hydrogen-bond acceptors (Lipinski definition) is 4. The molecule has 0 fully saturated rings. The molecule has 1 N–H and O–H groups in total. The zero-order chi connectivity index (χ0) is 14.4. The summed E-state index contributed by atoms with van der Waals surface area (Å²) in [7, 11) is 0. The van der Waals surface area contributed by atoms with Gasteiger partial charge in [-0.15, -0.1) is 11.3 Å². The van der Waals surface area contributed by atoms with Crippen LogP contribution in [0.4, 0.5) is 4.39 Å². The third kappa shape index (κ3) is 4.07. The van der Waals surface area contributed by atoms with Crippen LogP contribution in [-0.4, -0.2) is 6.26 Å². The summed E-state index contributed by atoms with van der Waals surface area (Å²) >= 11 is 3.26. The quantitative estimate of drug-likeness (QED) is 0.879. The number of nitrogens with zero attached hydrogens (tertiary/aromatic N) is 1. The fourth-order valence-electron chi connectivity index (χ4n) is 1.91. The van der Waals surface area contributed by atoms with Crippen LogP contribution in [0, 0.1) is 17.1 Å². The number of thioether (sulfide) groups is 1. The summed E-state index contributed by atoms with van der Waals surface area (Å²) in [5.41, 5.74) is 2.86. The predicted octanol–water partition coefficient (Wildman–Crippen LogP) is 3.91. The highest BCUT2D eigenvalue weighted by Crippen LogP contribution is 2.17. The maximum atomic E-state index is 13.2. The van der Waals surface area contributed by atoms with E-state index in [1.54, 1.807) is 29.2 Å². The molecule has 0 unspecified atom stereocenters. The lowest BCUT2D eigenvalue weighted by atomic mass is 10.1. The van der Waals surface area contributed by atoms with E-state index in [1.165, 1.54) is 6.07 Å². The van der Waals surface area contributed by atoms with E-state index in [9.17, 15) is 4.39 Å². The van der Waals surface area contributed by atoms with Crippen molar-refractivity contribution in [3.05, 3.63) is 57.0 Å². The molecule has 1 heterocycles. The number of halogens is 1. The monoisotopic (exact) mass is 306 g/mol. The van der Waals surface area contributed by atoms with Gasteiger partial charge in [-0.1, -0.05) is 6.07 Å². The summed E-state index contributed by atoms with van der Waals surface area (Å²) in [4.78, 5) is 1.13. The first-order valence-corrected chi connectivity index (χ1v) is 8.44. The average molecular weight is 306 g/mol. The second-order valence-corrected chi connectivity index (χ2v) is 6.22. The van der Waals surface area contributed by atoms with Crippen LogP contribution in [0.3, 0.4) is 0 Å². The Balaban J connectivity index is 1.95. The Hall–Kier alpha value is -1.35. The Morgan fingerprint density at radius 2 is 2.15 bits per heavy atom. The fraction of sp³-hybridized carbons (Fsp3) is 0.267. The molecule has 0 bridgehead atoms. The molecule has 0 aliphatic carbocycles. The van der Waals surface area contributed by atoms with E-state index < -0.39 is 0 Å². The molecule has 20 heavy (non-hydrogen) atoms. The van der Waals surface area contributed by atoms with Crippen molar-refractivity contribution in [1.29, 1.82) is 5.26 Å². The molecule has 1 aromatic carbocycles. The van der Waals surface area contributed by atoms with Gasteiger partial charge in [0.15, 0.2) is 0 Å². The molecule has 2 aromatic rings. The second-order valence-electron chi connectivity index (χ2n) is 4.36. The molecule has 0 amide bonds.